The van der Waals surface area contributed by atoms with Crippen LogP contribution in [-0.2, 0) is 4.74 Å². The molecule has 3 N–H and O–H groups in total. The maximum absolute atomic E-state index is 6.22. The second-order valence-corrected chi connectivity index (χ2v) is 7.23. The molecular formula is C16H30N2O. The molecule has 0 aromatic carbocycles. The fourth-order valence-corrected chi connectivity index (χ4v) is 4.55. The van der Waals surface area contributed by atoms with E-state index in [1.54, 1.807) is 0 Å². The Labute approximate surface area is 117 Å². The average Bonchev–Trinajstić information content (AvgIpc) is 3.25. The van der Waals surface area contributed by atoms with Crippen molar-refractivity contribution in [2.45, 2.75) is 76.4 Å². The highest BCUT2D eigenvalue weighted by Crippen LogP contribution is 2.45. The van der Waals surface area contributed by atoms with Gasteiger partial charge in [0, 0.05) is 12.6 Å². The van der Waals surface area contributed by atoms with Gasteiger partial charge in [0.25, 0.3) is 0 Å². The summed E-state index contributed by atoms with van der Waals surface area (Å²) < 4.78 is 6.22. The van der Waals surface area contributed by atoms with E-state index in [1.165, 1.54) is 57.8 Å². The van der Waals surface area contributed by atoms with Crippen molar-refractivity contribution in [2.24, 2.45) is 23.6 Å². The number of hydrazine groups is 1. The second kappa shape index (κ2) is 5.71. The van der Waals surface area contributed by atoms with Crippen LogP contribution < -0.4 is 11.3 Å². The molecule has 110 valence electrons. The number of rotatable bonds is 4. The fourth-order valence-electron chi connectivity index (χ4n) is 4.55. The van der Waals surface area contributed by atoms with Gasteiger partial charge in [0.1, 0.15) is 0 Å². The molecule has 0 aromatic rings. The van der Waals surface area contributed by atoms with E-state index in [0.29, 0.717) is 12.0 Å². The summed E-state index contributed by atoms with van der Waals surface area (Å²) in [5.41, 5.74) is 3.37. The third-order valence-corrected chi connectivity index (χ3v) is 5.93. The van der Waals surface area contributed by atoms with Crippen molar-refractivity contribution in [3.05, 3.63) is 0 Å². The highest BCUT2D eigenvalue weighted by atomic mass is 16.5. The molecule has 0 amide bonds. The maximum atomic E-state index is 6.22. The molecule has 1 spiro atoms. The Morgan fingerprint density at radius 3 is 2.47 bits per heavy atom. The summed E-state index contributed by atoms with van der Waals surface area (Å²) in [4.78, 5) is 0. The summed E-state index contributed by atoms with van der Waals surface area (Å²) in [6.07, 6.45) is 11.9. The average molecular weight is 266 g/mol. The van der Waals surface area contributed by atoms with Gasteiger partial charge in [-0.05, 0) is 56.3 Å². The summed E-state index contributed by atoms with van der Waals surface area (Å²) in [6.45, 7) is 3.34. The van der Waals surface area contributed by atoms with Crippen LogP contribution in [0.1, 0.15) is 64.7 Å². The first-order valence-corrected chi connectivity index (χ1v) is 8.34. The molecule has 1 heterocycles. The van der Waals surface area contributed by atoms with Crippen molar-refractivity contribution in [3.8, 4) is 0 Å². The van der Waals surface area contributed by atoms with Gasteiger partial charge in [0.15, 0.2) is 0 Å². The molecule has 3 heteroatoms. The van der Waals surface area contributed by atoms with Crippen LogP contribution in [0.2, 0.25) is 0 Å². The van der Waals surface area contributed by atoms with E-state index in [0.717, 1.165) is 18.4 Å². The molecule has 3 unspecified atom stereocenters. The molecule has 3 nitrogen and oxygen atoms in total. The Kier molecular flexibility index (Phi) is 4.16. The number of ether oxygens (including phenoxy) is 1. The normalized spacial score (nSPS) is 34.1. The lowest BCUT2D eigenvalue weighted by Gasteiger charge is -2.46. The molecule has 3 fully saturated rings. The first-order chi connectivity index (χ1) is 9.24. The van der Waals surface area contributed by atoms with Crippen LogP contribution in [0, 0.1) is 17.8 Å². The zero-order chi connectivity index (χ0) is 13.3. The predicted molar refractivity (Wildman–Crippen MR) is 77.5 cm³/mol. The quantitative estimate of drug-likeness (QED) is 0.607. The van der Waals surface area contributed by atoms with Gasteiger partial charge in [0.05, 0.1) is 5.60 Å². The molecule has 3 rings (SSSR count). The van der Waals surface area contributed by atoms with Gasteiger partial charge in [-0.2, -0.15) is 0 Å². The molecule has 1 aliphatic heterocycles. The summed E-state index contributed by atoms with van der Waals surface area (Å²) >= 11 is 0. The number of hydrogen-bond acceptors (Lipinski definition) is 3. The number of nitrogens with two attached hydrogens (primary N) is 1. The molecule has 0 aromatic heterocycles. The third-order valence-electron chi connectivity index (χ3n) is 5.93. The van der Waals surface area contributed by atoms with Crippen molar-refractivity contribution in [1.82, 2.24) is 5.43 Å². The van der Waals surface area contributed by atoms with E-state index in [2.05, 4.69) is 12.3 Å². The largest absolute Gasteiger partial charge is 0.375 e. The lowest BCUT2D eigenvalue weighted by atomic mass is 9.72. The molecular weight excluding hydrogens is 236 g/mol. The maximum Gasteiger partial charge on any atom is 0.0685 e. The molecule has 0 radical (unpaired) electrons. The van der Waals surface area contributed by atoms with E-state index in [-0.39, 0.29) is 5.60 Å². The Hall–Kier alpha value is -0.120. The lowest BCUT2D eigenvalue weighted by molar-refractivity contribution is -0.124. The van der Waals surface area contributed by atoms with Crippen molar-refractivity contribution in [1.29, 1.82) is 0 Å². The highest BCUT2D eigenvalue weighted by Gasteiger charge is 2.43. The van der Waals surface area contributed by atoms with Crippen molar-refractivity contribution >= 4 is 0 Å². The Balaban J connectivity index is 1.65. The predicted octanol–water partition coefficient (Wildman–Crippen LogP) is 2.99. The van der Waals surface area contributed by atoms with Crippen LogP contribution in [0.15, 0.2) is 0 Å². The summed E-state index contributed by atoms with van der Waals surface area (Å²) in [6, 6.07) is 0.496. The van der Waals surface area contributed by atoms with Gasteiger partial charge in [-0.25, -0.2) is 0 Å². The minimum atomic E-state index is 0.208. The molecule has 3 atom stereocenters. The molecule has 0 bridgehead atoms. The van der Waals surface area contributed by atoms with Crippen LogP contribution in [0.5, 0.6) is 0 Å². The van der Waals surface area contributed by atoms with Gasteiger partial charge >= 0.3 is 0 Å². The van der Waals surface area contributed by atoms with Crippen molar-refractivity contribution in [2.75, 3.05) is 6.61 Å². The van der Waals surface area contributed by atoms with Crippen LogP contribution >= 0.6 is 0 Å². The standard InChI is InChI=1S/C16H30N2O/c1-12(13-5-6-13)15(18-17)14-7-10-19-16(11-14)8-3-2-4-9-16/h12-15,18H,2-11,17H2,1H3. The smallest absolute Gasteiger partial charge is 0.0685 e. The third kappa shape index (κ3) is 2.98. The van der Waals surface area contributed by atoms with Gasteiger partial charge in [0.2, 0.25) is 0 Å². The summed E-state index contributed by atoms with van der Waals surface area (Å²) in [7, 11) is 0. The summed E-state index contributed by atoms with van der Waals surface area (Å²) in [5.74, 6) is 8.27. The lowest BCUT2D eigenvalue weighted by Crippen LogP contribution is -2.52. The number of nitrogens with one attached hydrogen (secondary N) is 1. The van der Waals surface area contributed by atoms with Crippen LogP contribution in [0.3, 0.4) is 0 Å². The first-order valence-electron chi connectivity index (χ1n) is 8.34. The number of hydrogen-bond donors (Lipinski definition) is 2. The van der Waals surface area contributed by atoms with Crippen LogP contribution in [0.4, 0.5) is 0 Å². The van der Waals surface area contributed by atoms with Crippen LogP contribution in [-0.4, -0.2) is 18.2 Å². The Bertz CT molecular complexity index is 292. The SMILES string of the molecule is CC(C1CC1)C(NN)C1CCOC2(CCCCC2)C1. The van der Waals surface area contributed by atoms with Crippen molar-refractivity contribution in [3.63, 3.8) is 0 Å². The molecule has 2 saturated carbocycles. The topological polar surface area (TPSA) is 47.3 Å². The first kappa shape index (κ1) is 13.8. The van der Waals surface area contributed by atoms with Gasteiger partial charge < -0.3 is 4.74 Å². The van der Waals surface area contributed by atoms with E-state index in [1.807, 2.05) is 0 Å². The van der Waals surface area contributed by atoms with Crippen LogP contribution in [0.25, 0.3) is 0 Å². The minimum absolute atomic E-state index is 0.208. The van der Waals surface area contributed by atoms with E-state index < -0.39 is 0 Å². The van der Waals surface area contributed by atoms with Crippen molar-refractivity contribution < 1.29 is 4.74 Å². The van der Waals surface area contributed by atoms with E-state index >= 15 is 0 Å². The molecule has 3 aliphatic rings. The molecule has 1 saturated heterocycles. The Morgan fingerprint density at radius 2 is 1.84 bits per heavy atom. The van der Waals surface area contributed by atoms with Gasteiger partial charge in [-0.15, -0.1) is 0 Å². The molecule has 19 heavy (non-hydrogen) atoms. The second-order valence-electron chi connectivity index (χ2n) is 7.23. The van der Waals surface area contributed by atoms with E-state index in [9.17, 15) is 0 Å². The van der Waals surface area contributed by atoms with Gasteiger partial charge in [-0.1, -0.05) is 26.2 Å². The summed E-state index contributed by atoms with van der Waals surface area (Å²) in [5, 5.41) is 0. The zero-order valence-corrected chi connectivity index (χ0v) is 12.4. The fraction of sp³-hybridized carbons (Fsp3) is 1.00. The minimum Gasteiger partial charge on any atom is -0.375 e. The Morgan fingerprint density at radius 1 is 1.11 bits per heavy atom. The van der Waals surface area contributed by atoms with Gasteiger partial charge in [-0.3, -0.25) is 11.3 Å². The highest BCUT2D eigenvalue weighted by molar-refractivity contribution is 4.96. The molecule has 2 aliphatic carbocycles. The monoisotopic (exact) mass is 266 g/mol. The van der Waals surface area contributed by atoms with E-state index in [4.69, 9.17) is 10.6 Å². The zero-order valence-electron chi connectivity index (χ0n) is 12.4.